The molecule has 0 unspecified atom stereocenters. The van der Waals surface area contributed by atoms with Gasteiger partial charge in [0.15, 0.2) is 11.3 Å². The summed E-state index contributed by atoms with van der Waals surface area (Å²) >= 11 is 12.1. The minimum atomic E-state index is -3.14. The van der Waals surface area contributed by atoms with Gasteiger partial charge in [-0.25, -0.2) is 4.68 Å². The van der Waals surface area contributed by atoms with Crippen LogP contribution in [0.2, 0.25) is 10.0 Å². The van der Waals surface area contributed by atoms with E-state index in [1.54, 1.807) is 6.92 Å². The Hall–Kier alpha value is -3.24. The summed E-state index contributed by atoms with van der Waals surface area (Å²) in [5, 5.41) is 7.03. The number of aromatic nitrogens is 3. The number of alkyl halides is 2. The van der Waals surface area contributed by atoms with Gasteiger partial charge in [0.25, 0.3) is 5.91 Å². The largest absolute Gasteiger partial charge is 0.446 e. The maximum absolute atomic E-state index is 13.0. The van der Waals surface area contributed by atoms with Crippen LogP contribution < -0.4 is 15.6 Å². The number of fused-ring (bicyclic) bond motifs is 3. The second-order valence-electron chi connectivity index (χ2n) is 6.24. The van der Waals surface area contributed by atoms with Crippen molar-refractivity contribution in [3.05, 3.63) is 56.7 Å². The second-order valence-corrected chi connectivity index (χ2v) is 7.05. The summed E-state index contributed by atoms with van der Waals surface area (Å²) in [7, 11) is 0. The fourth-order valence-electron chi connectivity index (χ4n) is 3.10. The number of aryl methyl sites for hydroxylation is 1. The predicted octanol–water partition coefficient (Wildman–Crippen LogP) is 4.72. The Morgan fingerprint density at radius 2 is 1.94 bits per heavy atom. The van der Waals surface area contributed by atoms with Crippen LogP contribution in [-0.4, -0.2) is 27.3 Å². The van der Waals surface area contributed by atoms with E-state index in [1.165, 1.54) is 24.7 Å². The Morgan fingerprint density at radius 3 is 2.58 bits per heavy atom. The number of ether oxygens (including phenoxy) is 1. The van der Waals surface area contributed by atoms with Gasteiger partial charge >= 0.3 is 12.2 Å². The van der Waals surface area contributed by atoms with Crippen molar-refractivity contribution < 1.29 is 22.7 Å². The third kappa shape index (κ3) is 3.68. The summed E-state index contributed by atoms with van der Waals surface area (Å²) in [5.74, 6) is -1.01. The smallest absolute Gasteiger partial charge is 0.387 e. The van der Waals surface area contributed by atoms with Crippen LogP contribution in [0.5, 0.6) is 5.75 Å². The molecule has 1 amide bonds. The Labute approximate surface area is 182 Å². The first-order valence-corrected chi connectivity index (χ1v) is 9.57. The molecule has 3 heterocycles. The van der Waals surface area contributed by atoms with E-state index in [1.807, 2.05) is 0 Å². The average Bonchev–Trinajstić information content (AvgIpc) is 3.12. The number of halogens is 4. The number of furan rings is 1. The van der Waals surface area contributed by atoms with E-state index in [2.05, 4.69) is 20.1 Å². The van der Waals surface area contributed by atoms with Crippen molar-refractivity contribution in [2.24, 2.45) is 0 Å². The number of nitrogens with zero attached hydrogens (tertiary/aromatic N) is 3. The highest BCUT2D eigenvalue weighted by Crippen LogP contribution is 2.37. The van der Waals surface area contributed by atoms with E-state index < -0.39 is 18.1 Å². The van der Waals surface area contributed by atoms with Crippen molar-refractivity contribution in [2.75, 3.05) is 5.32 Å². The highest BCUT2D eigenvalue weighted by atomic mass is 35.5. The molecule has 0 radical (unpaired) electrons. The average molecular weight is 469 g/mol. The highest BCUT2D eigenvalue weighted by molar-refractivity contribution is 6.40. The van der Waals surface area contributed by atoms with Crippen LogP contribution in [0.25, 0.3) is 21.9 Å². The number of carbonyl (C=O) groups excluding carboxylic acids is 1. The molecule has 4 rings (SSSR count). The van der Waals surface area contributed by atoms with Gasteiger partial charge in [-0.3, -0.25) is 14.6 Å². The summed E-state index contributed by atoms with van der Waals surface area (Å²) in [6, 6.07) is 2.41. The quantitative estimate of drug-likeness (QED) is 0.454. The minimum Gasteiger partial charge on any atom is -0.446 e. The summed E-state index contributed by atoms with van der Waals surface area (Å²) in [6.45, 7) is -1.18. The molecule has 1 aromatic carbocycles. The molecule has 0 bridgehead atoms. The first kappa shape index (κ1) is 21.0. The molecule has 0 atom stereocenters. The SMILES string of the molecule is CCn1ncc2c(oc3c(OC(F)F)ccc(C(=O)Nc4c(Cl)cncc4Cl)c32)c1=O. The summed E-state index contributed by atoms with van der Waals surface area (Å²) in [4.78, 5) is 29.4. The minimum absolute atomic E-state index is 0.00904. The third-order valence-corrected chi connectivity index (χ3v) is 5.02. The molecule has 1 N–H and O–H groups in total. The maximum Gasteiger partial charge on any atom is 0.387 e. The van der Waals surface area contributed by atoms with Crippen molar-refractivity contribution in [3.8, 4) is 5.75 Å². The van der Waals surface area contributed by atoms with E-state index in [9.17, 15) is 18.4 Å². The van der Waals surface area contributed by atoms with Crippen molar-refractivity contribution in [1.82, 2.24) is 14.8 Å². The van der Waals surface area contributed by atoms with Crippen LogP contribution in [0.1, 0.15) is 17.3 Å². The monoisotopic (exact) mass is 468 g/mol. The van der Waals surface area contributed by atoms with Gasteiger partial charge in [0, 0.05) is 24.3 Å². The lowest BCUT2D eigenvalue weighted by Gasteiger charge is -2.11. The van der Waals surface area contributed by atoms with Gasteiger partial charge in [0.2, 0.25) is 5.58 Å². The lowest BCUT2D eigenvalue weighted by molar-refractivity contribution is -0.0493. The standard InChI is InChI=1S/C19H12Cl2F2N4O4/c1-2-27-18(29)15-9(5-25-27)13-8(3-4-12(16(13)31-15)30-19(22)23)17(28)26-14-10(20)6-24-7-11(14)21/h3-7,19H,2H2,1H3,(H,24,26,28). The molecule has 160 valence electrons. The number of rotatable bonds is 5. The van der Waals surface area contributed by atoms with Crippen molar-refractivity contribution in [2.45, 2.75) is 20.1 Å². The molecular formula is C19H12Cl2F2N4O4. The molecule has 0 aliphatic heterocycles. The van der Waals surface area contributed by atoms with Gasteiger partial charge in [-0.1, -0.05) is 23.2 Å². The zero-order valence-electron chi connectivity index (χ0n) is 15.7. The molecule has 0 aliphatic rings. The predicted molar refractivity (Wildman–Crippen MR) is 110 cm³/mol. The number of hydrogen-bond acceptors (Lipinski definition) is 6. The lowest BCUT2D eigenvalue weighted by Crippen LogP contribution is -2.21. The van der Waals surface area contributed by atoms with E-state index >= 15 is 0 Å². The van der Waals surface area contributed by atoms with E-state index in [0.29, 0.717) is 0 Å². The molecule has 8 nitrogen and oxygen atoms in total. The highest BCUT2D eigenvalue weighted by Gasteiger charge is 2.24. The van der Waals surface area contributed by atoms with Gasteiger partial charge in [-0.15, -0.1) is 0 Å². The van der Waals surface area contributed by atoms with Crippen LogP contribution >= 0.6 is 23.2 Å². The zero-order chi connectivity index (χ0) is 22.3. The van der Waals surface area contributed by atoms with E-state index in [-0.39, 0.29) is 55.5 Å². The summed E-state index contributed by atoms with van der Waals surface area (Å²) < 4.78 is 37.0. The number of nitrogens with one attached hydrogen (secondary N) is 1. The molecule has 3 aromatic heterocycles. The number of anilines is 1. The summed E-state index contributed by atoms with van der Waals surface area (Å²) in [6.07, 6.45) is 3.91. The third-order valence-electron chi connectivity index (χ3n) is 4.45. The molecule has 31 heavy (non-hydrogen) atoms. The Kier molecular flexibility index (Phi) is 5.50. The molecule has 0 fully saturated rings. The van der Waals surface area contributed by atoms with Crippen molar-refractivity contribution in [1.29, 1.82) is 0 Å². The molecule has 0 saturated carbocycles. The fourth-order valence-corrected chi connectivity index (χ4v) is 3.56. The number of hydrogen-bond donors (Lipinski definition) is 1. The Morgan fingerprint density at radius 1 is 1.23 bits per heavy atom. The Bertz CT molecular complexity index is 1370. The first-order valence-electron chi connectivity index (χ1n) is 8.82. The van der Waals surface area contributed by atoms with Crippen LogP contribution in [0.4, 0.5) is 14.5 Å². The fraction of sp³-hybridized carbons (Fsp3) is 0.158. The summed E-state index contributed by atoms with van der Waals surface area (Å²) in [5.41, 5.74) is -0.794. The number of pyridine rings is 1. The van der Waals surface area contributed by atoms with Crippen LogP contribution in [0.3, 0.4) is 0 Å². The molecule has 0 aliphatic carbocycles. The number of benzene rings is 1. The number of carbonyl (C=O) groups is 1. The van der Waals surface area contributed by atoms with Crippen LogP contribution in [-0.2, 0) is 6.54 Å². The normalized spacial score (nSPS) is 11.4. The van der Waals surface area contributed by atoms with Crippen molar-refractivity contribution in [3.63, 3.8) is 0 Å². The van der Waals surface area contributed by atoms with E-state index in [4.69, 9.17) is 27.6 Å². The van der Waals surface area contributed by atoms with Gasteiger partial charge < -0.3 is 14.5 Å². The maximum atomic E-state index is 13.0. The van der Waals surface area contributed by atoms with Gasteiger partial charge in [-0.05, 0) is 19.1 Å². The second kappa shape index (κ2) is 8.12. The molecule has 0 saturated heterocycles. The van der Waals surface area contributed by atoms with Crippen LogP contribution in [0, 0.1) is 0 Å². The number of amides is 1. The van der Waals surface area contributed by atoms with Crippen molar-refractivity contribution >= 4 is 56.7 Å². The Balaban J connectivity index is 1.95. The zero-order valence-corrected chi connectivity index (χ0v) is 17.2. The first-order chi connectivity index (χ1) is 14.8. The van der Waals surface area contributed by atoms with E-state index in [0.717, 1.165) is 10.7 Å². The van der Waals surface area contributed by atoms with Gasteiger partial charge in [0.05, 0.1) is 32.9 Å². The lowest BCUT2D eigenvalue weighted by atomic mass is 10.1. The molecular weight excluding hydrogens is 457 g/mol. The van der Waals surface area contributed by atoms with Gasteiger partial charge in [0.1, 0.15) is 0 Å². The van der Waals surface area contributed by atoms with Gasteiger partial charge in [-0.2, -0.15) is 13.9 Å². The molecule has 0 spiro atoms. The molecule has 4 aromatic rings. The van der Waals surface area contributed by atoms with Crippen LogP contribution in [0.15, 0.2) is 39.9 Å². The molecule has 12 heteroatoms. The topological polar surface area (TPSA) is 99.2 Å².